The van der Waals surface area contributed by atoms with E-state index in [2.05, 4.69) is 5.32 Å². The summed E-state index contributed by atoms with van der Waals surface area (Å²) in [6, 6.07) is 1.59. The third kappa shape index (κ3) is 3.12. The summed E-state index contributed by atoms with van der Waals surface area (Å²) in [4.78, 5) is 24.8. The van der Waals surface area contributed by atoms with Gasteiger partial charge in [0.1, 0.15) is 5.00 Å². The number of anilines is 1. The average molecular weight is 283 g/mol. The summed E-state index contributed by atoms with van der Waals surface area (Å²) in [6.07, 6.45) is 0.682. The van der Waals surface area contributed by atoms with E-state index in [0.717, 1.165) is 0 Å². The lowest BCUT2D eigenvalue weighted by molar-refractivity contribution is -0.128. The molecule has 19 heavy (non-hydrogen) atoms. The van der Waals surface area contributed by atoms with Crippen LogP contribution in [-0.2, 0) is 4.79 Å². The Bertz CT molecular complexity index is 494. The number of amides is 2. The van der Waals surface area contributed by atoms with Gasteiger partial charge in [0.05, 0.1) is 17.7 Å². The Morgan fingerprint density at radius 1 is 1.58 bits per heavy atom. The number of β-amino-alcohol motifs (C(OH)–C–C–N with tert-alkyl or cyclic N) is 1. The van der Waals surface area contributed by atoms with Crippen LogP contribution in [0.5, 0.6) is 0 Å². The van der Waals surface area contributed by atoms with E-state index in [1.807, 2.05) is 11.8 Å². The standard InChI is InChI=1S/C12H17N3O3S/c1-2-12(18)6-15(7-12)5-9(16)14-11-8(10(13)17)3-4-19-11/h3-4,18H,2,5-7H2,1H3,(H2,13,17)(H,14,16). The van der Waals surface area contributed by atoms with Gasteiger partial charge in [0.15, 0.2) is 0 Å². The SMILES string of the molecule is CCC1(O)CN(CC(=O)Nc2sccc2C(N)=O)C1. The predicted octanol–water partition coefficient (Wildman–Crippen LogP) is 0.242. The Hall–Kier alpha value is -1.44. The number of nitrogens with zero attached hydrogens (tertiary/aromatic N) is 1. The van der Waals surface area contributed by atoms with E-state index < -0.39 is 11.5 Å². The molecule has 1 aliphatic heterocycles. The van der Waals surface area contributed by atoms with E-state index in [4.69, 9.17) is 5.73 Å². The molecule has 2 rings (SSSR count). The molecule has 1 saturated heterocycles. The second kappa shape index (κ2) is 5.28. The zero-order chi connectivity index (χ0) is 14.0. The summed E-state index contributed by atoms with van der Waals surface area (Å²) in [6.45, 7) is 3.13. The average Bonchev–Trinajstić information content (AvgIpc) is 2.74. The molecule has 2 amide bonds. The Labute approximate surface area is 115 Å². The van der Waals surface area contributed by atoms with E-state index in [9.17, 15) is 14.7 Å². The molecule has 6 nitrogen and oxygen atoms in total. The highest BCUT2D eigenvalue weighted by molar-refractivity contribution is 7.14. The quantitative estimate of drug-likeness (QED) is 0.721. The first-order valence-corrected chi connectivity index (χ1v) is 6.93. The fourth-order valence-corrected chi connectivity index (χ4v) is 2.90. The van der Waals surface area contributed by atoms with Gasteiger partial charge in [-0.15, -0.1) is 11.3 Å². The second-order valence-electron chi connectivity index (χ2n) is 4.80. The third-order valence-electron chi connectivity index (χ3n) is 3.24. The number of carbonyl (C=O) groups excluding carboxylic acids is 2. The van der Waals surface area contributed by atoms with E-state index in [-0.39, 0.29) is 12.5 Å². The lowest BCUT2D eigenvalue weighted by Gasteiger charge is -2.45. The van der Waals surface area contributed by atoms with E-state index in [1.54, 1.807) is 11.4 Å². The van der Waals surface area contributed by atoms with Crippen molar-refractivity contribution in [1.82, 2.24) is 4.90 Å². The summed E-state index contributed by atoms with van der Waals surface area (Å²) in [5.41, 5.74) is 4.87. The van der Waals surface area contributed by atoms with Crippen LogP contribution in [0.3, 0.4) is 0 Å². The molecule has 4 N–H and O–H groups in total. The molecule has 0 unspecified atom stereocenters. The number of likely N-dealkylation sites (tertiary alicyclic amines) is 1. The molecule has 7 heteroatoms. The van der Waals surface area contributed by atoms with Gasteiger partial charge in [0.25, 0.3) is 5.91 Å². The van der Waals surface area contributed by atoms with Crippen molar-refractivity contribution < 1.29 is 14.7 Å². The summed E-state index contributed by atoms with van der Waals surface area (Å²) in [7, 11) is 0. The largest absolute Gasteiger partial charge is 0.387 e. The predicted molar refractivity (Wildman–Crippen MR) is 73.1 cm³/mol. The van der Waals surface area contributed by atoms with Crippen molar-refractivity contribution in [3.8, 4) is 0 Å². The minimum atomic E-state index is -0.651. The van der Waals surface area contributed by atoms with Crippen LogP contribution in [0.25, 0.3) is 0 Å². The highest BCUT2D eigenvalue weighted by Gasteiger charge is 2.39. The maximum atomic E-state index is 11.8. The number of thiophene rings is 1. The Kier molecular flexibility index (Phi) is 3.88. The van der Waals surface area contributed by atoms with Gasteiger partial charge in [0, 0.05) is 13.1 Å². The van der Waals surface area contributed by atoms with Crippen molar-refractivity contribution in [3.05, 3.63) is 17.0 Å². The van der Waals surface area contributed by atoms with E-state index in [1.165, 1.54) is 11.3 Å². The van der Waals surface area contributed by atoms with Crippen LogP contribution in [0.15, 0.2) is 11.4 Å². The third-order valence-corrected chi connectivity index (χ3v) is 4.07. The maximum Gasteiger partial charge on any atom is 0.251 e. The van der Waals surface area contributed by atoms with Crippen molar-refractivity contribution in [2.75, 3.05) is 25.0 Å². The van der Waals surface area contributed by atoms with Crippen LogP contribution in [0, 0.1) is 0 Å². The molecule has 0 spiro atoms. The van der Waals surface area contributed by atoms with Crippen molar-refractivity contribution in [2.45, 2.75) is 18.9 Å². The Balaban J connectivity index is 1.86. The van der Waals surface area contributed by atoms with Crippen molar-refractivity contribution in [3.63, 3.8) is 0 Å². The minimum Gasteiger partial charge on any atom is -0.387 e. The zero-order valence-electron chi connectivity index (χ0n) is 10.7. The summed E-state index contributed by atoms with van der Waals surface area (Å²) in [5, 5.41) is 14.7. The summed E-state index contributed by atoms with van der Waals surface area (Å²) >= 11 is 1.26. The van der Waals surface area contributed by atoms with Crippen molar-refractivity contribution in [2.24, 2.45) is 5.73 Å². The van der Waals surface area contributed by atoms with Gasteiger partial charge in [-0.1, -0.05) is 6.92 Å². The number of nitrogens with one attached hydrogen (secondary N) is 1. The molecule has 1 aromatic heterocycles. The number of aliphatic hydroxyl groups is 1. The Morgan fingerprint density at radius 2 is 2.26 bits per heavy atom. The molecule has 1 aliphatic rings. The van der Waals surface area contributed by atoms with Crippen LogP contribution in [0.2, 0.25) is 0 Å². The van der Waals surface area contributed by atoms with Crippen LogP contribution in [-0.4, -0.2) is 47.1 Å². The monoisotopic (exact) mass is 283 g/mol. The van der Waals surface area contributed by atoms with Gasteiger partial charge in [-0.05, 0) is 17.9 Å². The fourth-order valence-electron chi connectivity index (χ4n) is 2.09. The van der Waals surface area contributed by atoms with Gasteiger partial charge < -0.3 is 16.2 Å². The minimum absolute atomic E-state index is 0.205. The highest BCUT2D eigenvalue weighted by atomic mass is 32.1. The molecule has 0 atom stereocenters. The molecule has 0 radical (unpaired) electrons. The first-order valence-electron chi connectivity index (χ1n) is 6.05. The molecule has 0 aliphatic carbocycles. The zero-order valence-corrected chi connectivity index (χ0v) is 11.5. The molecule has 0 aromatic carbocycles. The van der Waals surface area contributed by atoms with Crippen molar-refractivity contribution >= 4 is 28.2 Å². The highest BCUT2D eigenvalue weighted by Crippen LogP contribution is 2.25. The maximum absolute atomic E-state index is 11.8. The number of nitrogens with two attached hydrogens (primary N) is 1. The van der Waals surface area contributed by atoms with Gasteiger partial charge in [-0.3, -0.25) is 14.5 Å². The van der Waals surface area contributed by atoms with Crippen LogP contribution >= 0.6 is 11.3 Å². The van der Waals surface area contributed by atoms with Crippen LogP contribution < -0.4 is 11.1 Å². The number of primary amides is 1. The van der Waals surface area contributed by atoms with Crippen LogP contribution in [0.1, 0.15) is 23.7 Å². The van der Waals surface area contributed by atoms with Gasteiger partial charge >= 0.3 is 0 Å². The molecular formula is C12H17N3O3S. The van der Waals surface area contributed by atoms with Crippen LogP contribution in [0.4, 0.5) is 5.00 Å². The molecule has 2 heterocycles. The molecule has 0 bridgehead atoms. The molecule has 1 fully saturated rings. The number of hydrogen-bond acceptors (Lipinski definition) is 5. The number of rotatable bonds is 5. The number of carbonyl (C=O) groups is 2. The molecule has 104 valence electrons. The van der Waals surface area contributed by atoms with Gasteiger partial charge in [-0.2, -0.15) is 0 Å². The molecule has 1 aromatic rings. The lowest BCUT2D eigenvalue weighted by atomic mass is 9.91. The second-order valence-corrected chi connectivity index (χ2v) is 5.72. The normalized spacial score (nSPS) is 17.8. The summed E-state index contributed by atoms with van der Waals surface area (Å²) in [5.74, 6) is -0.760. The smallest absolute Gasteiger partial charge is 0.251 e. The fraction of sp³-hybridized carbons (Fsp3) is 0.500. The van der Waals surface area contributed by atoms with Gasteiger partial charge in [0.2, 0.25) is 5.91 Å². The number of hydrogen-bond donors (Lipinski definition) is 3. The van der Waals surface area contributed by atoms with E-state index >= 15 is 0 Å². The van der Waals surface area contributed by atoms with Crippen molar-refractivity contribution in [1.29, 1.82) is 0 Å². The molecular weight excluding hydrogens is 266 g/mol. The van der Waals surface area contributed by atoms with Gasteiger partial charge in [-0.25, -0.2) is 0 Å². The Morgan fingerprint density at radius 3 is 2.84 bits per heavy atom. The lowest BCUT2D eigenvalue weighted by Crippen LogP contribution is -2.62. The first-order chi connectivity index (χ1) is 8.93. The first kappa shape index (κ1) is 14.0. The summed E-state index contributed by atoms with van der Waals surface area (Å²) < 4.78 is 0. The van der Waals surface area contributed by atoms with E-state index in [0.29, 0.717) is 30.1 Å². The topological polar surface area (TPSA) is 95.7 Å². The molecule has 0 saturated carbocycles.